The standard InChI is InChI=1S/C44H31N4OP/c49-50(36-16-6-2-7-17-36,37-18-8-3-9-19-37)38-30-26-33(27-31-38)44-46-45-43(48(44)34-14-4-1-5-15-34)32-24-28-35(29-25-32)47-41-22-12-10-20-39(41)40-21-11-13-23-42(40)47/h1-31H. The highest BCUT2D eigenvalue weighted by molar-refractivity contribution is 7.85. The number of hydrogen-bond acceptors (Lipinski definition) is 3. The van der Waals surface area contributed by atoms with Crippen molar-refractivity contribution < 1.29 is 4.57 Å². The Morgan fingerprint density at radius 1 is 0.360 bits per heavy atom. The molecular formula is C44H31N4OP. The van der Waals surface area contributed by atoms with Crippen LogP contribution in [0.1, 0.15) is 0 Å². The van der Waals surface area contributed by atoms with Crippen LogP contribution in [0, 0.1) is 0 Å². The summed E-state index contributed by atoms with van der Waals surface area (Å²) in [5.74, 6) is 1.45. The Kier molecular flexibility index (Phi) is 7.34. The molecule has 0 aliphatic heterocycles. The summed E-state index contributed by atoms with van der Waals surface area (Å²) in [5.41, 5.74) is 6.20. The number of rotatable bonds is 7. The first-order valence-corrected chi connectivity index (χ1v) is 18.3. The van der Waals surface area contributed by atoms with Crippen LogP contribution in [0.25, 0.3) is 56.0 Å². The minimum atomic E-state index is -3.10. The van der Waals surface area contributed by atoms with E-state index in [1.54, 1.807) is 0 Å². The summed E-state index contributed by atoms with van der Waals surface area (Å²) in [7, 11) is -3.10. The maximum Gasteiger partial charge on any atom is 0.171 e. The fourth-order valence-corrected chi connectivity index (χ4v) is 9.63. The highest BCUT2D eigenvalue weighted by atomic mass is 31.2. The van der Waals surface area contributed by atoms with Gasteiger partial charge in [-0.2, -0.15) is 0 Å². The fraction of sp³-hybridized carbons (Fsp3) is 0. The van der Waals surface area contributed by atoms with Crippen molar-refractivity contribution in [2.24, 2.45) is 0 Å². The minimum absolute atomic E-state index is 0.707. The van der Waals surface area contributed by atoms with Gasteiger partial charge in [-0.15, -0.1) is 10.2 Å². The predicted octanol–water partition coefficient (Wildman–Crippen LogP) is 9.34. The third-order valence-corrected chi connectivity index (χ3v) is 12.4. The normalized spacial score (nSPS) is 11.7. The number of para-hydroxylation sites is 3. The summed E-state index contributed by atoms with van der Waals surface area (Å²) in [6.45, 7) is 0. The van der Waals surface area contributed by atoms with Crippen molar-refractivity contribution in [3.05, 3.63) is 188 Å². The summed E-state index contributed by atoms with van der Waals surface area (Å²) in [6, 6.07) is 63.2. The summed E-state index contributed by atoms with van der Waals surface area (Å²) in [5, 5.41) is 14.3. The summed E-state index contributed by atoms with van der Waals surface area (Å²) >= 11 is 0. The van der Waals surface area contributed by atoms with Gasteiger partial charge in [-0.3, -0.25) is 4.57 Å². The Labute approximate surface area is 290 Å². The largest absolute Gasteiger partial charge is 0.309 e. The molecule has 6 heteroatoms. The van der Waals surface area contributed by atoms with Gasteiger partial charge in [0.25, 0.3) is 0 Å². The smallest absolute Gasteiger partial charge is 0.171 e. The van der Waals surface area contributed by atoms with Crippen LogP contribution in [0.3, 0.4) is 0 Å². The molecule has 0 aliphatic carbocycles. The Hall–Kier alpha value is -6.29. The first-order valence-electron chi connectivity index (χ1n) is 16.6. The highest BCUT2D eigenvalue weighted by Crippen LogP contribution is 2.43. The Balaban J connectivity index is 1.14. The zero-order valence-corrected chi connectivity index (χ0v) is 27.9. The van der Waals surface area contributed by atoms with Crippen LogP contribution in [-0.2, 0) is 4.57 Å². The fourth-order valence-electron chi connectivity index (χ4n) is 6.98. The van der Waals surface area contributed by atoms with Crippen LogP contribution in [0.15, 0.2) is 188 Å². The van der Waals surface area contributed by atoms with E-state index >= 15 is 0 Å². The first-order chi connectivity index (χ1) is 24.7. The van der Waals surface area contributed by atoms with Crippen molar-refractivity contribution in [2.75, 3.05) is 0 Å². The second kappa shape index (κ2) is 12.3. The molecule has 0 saturated heterocycles. The van der Waals surface area contributed by atoms with Crippen LogP contribution < -0.4 is 15.9 Å². The zero-order valence-electron chi connectivity index (χ0n) is 27.0. The molecule has 9 rings (SSSR count). The van der Waals surface area contributed by atoms with Crippen molar-refractivity contribution in [3.63, 3.8) is 0 Å². The second-order valence-corrected chi connectivity index (χ2v) is 15.0. The Morgan fingerprint density at radius 3 is 1.24 bits per heavy atom. The average molecular weight is 663 g/mol. The molecule has 2 aromatic heterocycles. The van der Waals surface area contributed by atoms with Gasteiger partial charge in [-0.1, -0.05) is 140 Å². The molecule has 0 fully saturated rings. The number of hydrogen-bond donors (Lipinski definition) is 0. The van der Waals surface area contributed by atoms with Crippen molar-refractivity contribution in [2.45, 2.75) is 0 Å². The third-order valence-electron chi connectivity index (χ3n) is 9.37. The number of benzene rings is 7. The topological polar surface area (TPSA) is 52.7 Å². The van der Waals surface area contributed by atoms with Gasteiger partial charge in [0.1, 0.15) is 0 Å². The van der Waals surface area contributed by atoms with E-state index in [4.69, 9.17) is 10.2 Å². The van der Waals surface area contributed by atoms with Crippen LogP contribution in [0.5, 0.6) is 0 Å². The number of nitrogens with zero attached hydrogens (tertiary/aromatic N) is 4. The van der Waals surface area contributed by atoms with Gasteiger partial charge in [0.2, 0.25) is 0 Å². The molecular weight excluding hydrogens is 631 g/mol. The van der Waals surface area contributed by atoms with Crippen LogP contribution >= 0.6 is 7.14 Å². The van der Waals surface area contributed by atoms with Gasteiger partial charge in [0.15, 0.2) is 18.8 Å². The van der Waals surface area contributed by atoms with Gasteiger partial charge >= 0.3 is 0 Å². The molecule has 2 heterocycles. The van der Waals surface area contributed by atoms with Gasteiger partial charge in [-0.25, -0.2) is 0 Å². The SMILES string of the molecule is O=P(c1ccccc1)(c1ccccc1)c1ccc(-c2nnc(-c3ccc(-n4c5ccccc5c5ccccc54)cc3)n2-c2ccccc2)cc1. The van der Waals surface area contributed by atoms with Crippen molar-refractivity contribution >= 4 is 44.9 Å². The second-order valence-electron chi connectivity index (χ2n) is 12.3. The molecule has 0 amide bonds. The molecule has 0 saturated carbocycles. The molecule has 0 N–H and O–H groups in total. The molecule has 0 unspecified atom stereocenters. The summed E-state index contributed by atoms with van der Waals surface area (Å²) < 4.78 is 19.4. The molecule has 0 aliphatic rings. The number of fused-ring (bicyclic) bond motifs is 3. The third kappa shape index (κ3) is 4.91. The maximum atomic E-state index is 15.0. The molecule has 238 valence electrons. The van der Waals surface area contributed by atoms with Gasteiger partial charge in [-0.05, 0) is 48.5 Å². The van der Waals surface area contributed by atoms with E-state index in [1.165, 1.54) is 21.8 Å². The minimum Gasteiger partial charge on any atom is -0.309 e. The molecule has 7 aromatic carbocycles. The van der Waals surface area contributed by atoms with E-state index in [1.807, 2.05) is 103 Å². The highest BCUT2D eigenvalue weighted by Gasteiger charge is 2.30. The quantitative estimate of drug-likeness (QED) is 0.160. The monoisotopic (exact) mass is 662 g/mol. The number of aromatic nitrogens is 4. The summed E-state index contributed by atoms with van der Waals surface area (Å²) in [6.07, 6.45) is 0. The molecule has 0 radical (unpaired) electrons. The van der Waals surface area contributed by atoms with Gasteiger partial charge in [0.05, 0.1) is 11.0 Å². The molecule has 0 bridgehead atoms. The molecule has 9 aromatic rings. The Bertz CT molecular complexity index is 2550. The van der Waals surface area contributed by atoms with Gasteiger partial charge < -0.3 is 9.13 Å². The molecule has 5 nitrogen and oxygen atoms in total. The first kappa shape index (κ1) is 29.8. The van der Waals surface area contributed by atoms with Crippen LogP contribution in [0.2, 0.25) is 0 Å². The molecule has 50 heavy (non-hydrogen) atoms. The van der Waals surface area contributed by atoms with Crippen molar-refractivity contribution in [1.29, 1.82) is 0 Å². The summed E-state index contributed by atoms with van der Waals surface area (Å²) in [4.78, 5) is 0. The van der Waals surface area contributed by atoms with E-state index in [9.17, 15) is 4.57 Å². The van der Waals surface area contributed by atoms with Crippen molar-refractivity contribution in [1.82, 2.24) is 19.3 Å². The predicted molar refractivity (Wildman–Crippen MR) is 206 cm³/mol. The van der Waals surface area contributed by atoms with E-state index in [-0.39, 0.29) is 0 Å². The lowest BCUT2D eigenvalue weighted by Crippen LogP contribution is -2.24. The van der Waals surface area contributed by atoms with Crippen LogP contribution in [-0.4, -0.2) is 19.3 Å². The zero-order chi connectivity index (χ0) is 33.5. The lowest BCUT2D eigenvalue weighted by atomic mass is 10.1. The van der Waals surface area contributed by atoms with Crippen molar-refractivity contribution in [3.8, 4) is 34.2 Å². The average Bonchev–Trinajstić information content (AvgIpc) is 3.79. The molecule has 0 spiro atoms. The Morgan fingerprint density at radius 2 is 0.740 bits per heavy atom. The van der Waals surface area contributed by atoms with E-state index in [0.29, 0.717) is 5.82 Å². The van der Waals surface area contributed by atoms with E-state index in [0.717, 1.165) is 44.2 Å². The van der Waals surface area contributed by atoms with Crippen LogP contribution in [0.4, 0.5) is 0 Å². The maximum absolute atomic E-state index is 15.0. The molecule has 0 atom stereocenters. The lowest BCUT2D eigenvalue weighted by Gasteiger charge is -2.20. The van der Waals surface area contributed by atoms with E-state index in [2.05, 4.69) is 94.1 Å². The van der Waals surface area contributed by atoms with Gasteiger partial charge in [0, 0.05) is 49.2 Å². The lowest BCUT2D eigenvalue weighted by molar-refractivity contribution is 0.592. The van der Waals surface area contributed by atoms with E-state index < -0.39 is 7.14 Å².